The van der Waals surface area contributed by atoms with Crippen LogP contribution in [-0.4, -0.2) is 35.0 Å². The van der Waals surface area contributed by atoms with Crippen LogP contribution in [-0.2, 0) is 14.4 Å². The molecule has 0 aliphatic rings. The molecule has 0 bridgehead atoms. The molecule has 128 valence electrons. The predicted molar refractivity (Wildman–Crippen MR) is 85.2 cm³/mol. The van der Waals surface area contributed by atoms with Crippen molar-refractivity contribution in [3.05, 3.63) is 0 Å². The molecule has 3 N–H and O–H groups in total. The standard InChI is InChI=1S/C16H30N2O4/c1-9(2)12(17-11(19)8-16(5,6)7)14(20)18-13(10(3)4)15(21)22/h9-10,12-13H,8H2,1-7H3,(H,17,19)(H,18,20)(H,21,22)/t12-,13-/m0/s1. The van der Waals surface area contributed by atoms with Crippen LogP contribution in [0.1, 0.15) is 54.9 Å². The lowest BCUT2D eigenvalue weighted by Gasteiger charge is -2.26. The predicted octanol–water partition coefficient (Wildman–Crippen LogP) is 1.79. The van der Waals surface area contributed by atoms with Gasteiger partial charge >= 0.3 is 5.97 Å². The summed E-state index contributed by atoms with van der Waals surface area (Å²) in [6.07, 6.45) is 0.302. The monoisotopic (exact) mass is 314 g/mol. The molecule has 0 saturated carbocycles. The van der Waals surface area contributed by atoms with Gasteiger partial charge in [-0.05, 0) is 17.3 Å². The van der Waals surface area contributed by atoms with Crippen LogP contribution in [0, 0.1) is 17.3 Å². The summed E-state index contributed by atoms with van der Waals surface area (Å²) in [5, 5.41) is 14.4. The lowest BCUT2D eigenvalue weighted by molar-refractivity contribution is -0.143. The lowest BCUT2D eigenvalue weighted by Crippen LogP contribution is -2.55. The summed E-state index contributed by atoms with van der Waals surface area (Å²) in [6.45, 7) is 12.9. The Kier molecular flexibility index (Phi) is 7.56. The zero-order chi connectivity index (χ0) is 17.7. The van der Waals surface area contributed by atoms with Gasteiger partial charge in [0.25, 0.3) is 0 Å². The smallest absolute Gasteiger partial charge is 0.326 e. The maximum atomic E-state index is 12.3. The van der Waals surface area contributed by atoms with E-state index in [-0.39, 0.29) is 23.2 Å². The molecule has 0 spiro atoms. The van der Waals surface area contributed by atoms with Crippen molar-refractivity contribution < 1.29 is 19.5 Å². The van der Waals surface area contributed by atoms with Gasteiger partial charge in [-0.3, -0.25) is 9.59 Å². The van der Waals surface area contributed by atoms with Gasteiger partial charge in [-0.2, -0.15) is 0 Å². The van der Waals surface area contributed by atoms with Crippen molar-refractivity contribution in [2.75, 3.05) is 0 Å². The normalized spacial score (nSPS) is 14.6. The van der Waals surface area contributed by atoms with E-state index in [2.05, 4.69) is 10.6 Å². The van der Waals surface area contributed by atoms with Crippen molar-refractivity contribution in [3.8, 4) is 0 Å². The SMILES string of the molecule is CC(C)[C@H](NC(=O)[C@@H](NC(=O)CC(C)(C)C)C(C)C)C(=O)O. The van der Waals surface area contributed by atoms with Crippen molar-refractivity contribution in [1.82, 2.24) is 10.6 Å². The van der Waals surface area contributed by atoms with Crippen molar-refractivity contribution in [2.45, 2.75) is 67.0 Å². The first-order valence-corrected chi connectivity index (χ1v) is 7.67. The number of nitrogens with one attached hydrogen (secondary N) is 2. The molecule has 0 saturated heterocycles. The van der Waals surface area contributed by atoms with Crippen molar-refractivity contribution in [2.24, 2.45) is 17.3 Å². The van der Waals surface area contributed by atoms with Crippen LogP contribution in [0.2, 0.25) is 0 Å². The van der Waals surface area contributed by atoms with E-state index in [9.17, 15) is 14.4 Å². The first-order chi connectivity index (χ1) is 9.85. The fourth-order valence-corrected chi connectivity index (χ4v) is 2.00. The van der Waals surface area contributed by atoms with Gasteiger partial charge in [0.05, 0.1) is 0 Å². The Morgan fingerprint density at radius 1 is 0.909 bits per heavy atom. The number of carbonyl (C=O) groups is 3. The molecule has 0 fully saturated rings. The molecule has 0 unspecified atom stereocenters. The summed E-state index contributed by atoms with van der Waals surface area (Å²) < 4.78 is 0. The molecular formula is C16H30N2O4. The van der Waals surface area contributed by atoms with Crippen molar-refractivity contribution in [1.29, 1.82) is 0 Å². The third-order valence-electron chi connectivity index (χ3n) is 3.19. The highest BCUT2D eigenvalue weighted by Crippen LogP contribution is 2.18. The largest absolute Gasteiger partial charge is 0.480 e. The highest BCUT2D eigenvalue weighted by atomic mass is 16.4. The second-order valence-corrected chi connectivity index (χ2v) is 7.60. The number of carboxylic acid groups (broad SMARTS) is 1. The minimum absolute atomic E-state index is 0.134. The summed E-state index contributed by atoms with van der Waals surface area (Å²) >= 11 is 0. The number of carbonyl (C=O) groups excluding carboxylic acids is 2. The fourth-order valence-electron chi connectivity index (χ4n) is 2.00. The molecule has 0 aromatic heterocycles. The van der Waals surface area contributed by atoms with Gasteiger partial charge in [0.15, 0.2) is 0 Å². The molecule has 6 nitrogen and oxygen atoms in total. The van der Waals surface area contributed by atoms with Gasteiger partial charge in [0.2, 0.25) is 11.8 Å². The number of amides is 2. The molecule has 0 aromatic carbocycles. The third-order valence-corrected chi connectivity index (χ3v) is 3.19. The Balaban J connectivity index is 4.92. The third kappa shape index (κ3) is 7.43. The molecule has 2 amide bonds. The Labute approximate surface area is 133 Å². The highest BCUT2D eigenvalue weighted by Gasteiger charge is 2.30. The second kappa shape index (κ2) is 8.15. The van der Waals surface area contributed by atoms with E-state index in [1.807, 2.05) is 34.6 Å². The second-order valence-electron chi connectivity index (χ2n) is 7.60. The van der Waals surface area contributed by atoms with Gasteiger partial charge in [-0.1, -0.05) is 48.5 Å². The number of rotatable bonds is 7. The Morgan fingerprint density at radius 3 is 1.68 bits per heavy atom. The first kappa shape index (κ1) is 20.4. The van der Waals surface area contributed by atoms with Crippen molar-refractivity contribution in [3.63, 3.8) is 0 Å². The zero-order valence-corrected chi connectivity index (χ0v) is 14.7. The molecule has 0 aliphatic heterocycles. The summed E-state index contributed by atoms with van der Waals surface area (Å²) in [4.78, 5) is 35.5. The van der Waals surface area contributed by atoms with E-state index >= 15 is 0 Å². The Hall–Kier alpha value is -1.59. The van der Waals surface area contributed by atoms with E-state index in [1.165, 1.54) is 0 Å². The Bertz CT molecular complexity index is 411. The van der Waals surface area contributed by atoms with Crippen LogP contribution >= 0.6 is 0 Å². The van der Waals surface area contributed by atoms with E-state index < -0.39 is 24.0 Å². The van der Waals surface area contributed by atoms with Gasteiger partial charge in [0, 0.05) is 6.42 Å². The van der Waals surface area contributed by atoms with Crippen LogP contribution in [0.15, 0.2) is 0 Å². The number of carboxylic acids is 1. The highest BCUT2D eigenvalue weighted by molar-refractivity contribution is 5.90. The summed E-state index contributed by atoms with van der Waals surface area (Å²) in [6, 6.07) is -1.70. The first-order valence-electron chi connectivity index (χ1n) is 7.67. The van der Waals surface area contributed by atoms with Gasteiger partial charge in [0.1, 0.15) is 12.1 Å². The lowest BCUT2D eigenvalue weighted by atomic mass is 9.91. The molecule has 0 aromatic rings. The molecule has 6 heteroatoms. The summed E-state index contributed by atoms with van der Waals surface area (Å²) in [5.41, 5.74) is -0.177. The molecular weight excluding hydrogens is 284 g/mol. The zero-order valence-electron chi connectivity index (χ0n) is 14.7. The Morgan fingerprint density at radius 2 is 1.36 bits per heavy atom. The van der Waals surface area contributed by atoms with Crippen molar-refractivity contribution >= 4 is 17.8 Å². The summed E-state index contributed by atoms with van der Waals surface area (Å²) in [7, 11) is 0. The molecule has 0 heterocycles. The van der Waals surface area contributed by atoms with E-state index in [4.69, 9.17) is 5.11 Å². The summed E-state index contributed by atoms with van der Waals surface area (Å²) in [5.74, 6) is -2.12. The molecule has 0 rings (SSSR count). The fraction of sp³-hybridized carbons (Fsp3) is 0.812. The molecule has 22 heavy (non-hydrogen) atoms. The van der Waals surface area contributed by atoms with Crippen LogP contribution in [0.25, 0.3) is 0 Å². The quantitative estimate of drug-likeness (QED) is 0.667. The van der Waals surface area contributed by atoms with E-state index in [0.29, 0.717) is 6.42 Å². The minimum Gasteiger partial charge on any atom is -0.480 e. The maximum Gasteiger partial charge on any atom is 0.326 e. The maximum absolute atomic E-state index is 12.3. The number of aliphatic carboxylic acids is 1. The van der Waals surface area contributed by atoms with Gasteiger partial charge in [-0.15, -0.1) is 0 Å². The molecule has 0 aliphatic carbocycles. The minimum atomic E-state index is -1.08. The van der Waals surface area contributed by atoms with Crippen LogP contribution in [0.4, 0.5) is 0 Å². The van der Waals surface area contributed by atoms with Crippen LogP contribution in [0.5, 0.6) is 0 Å². The average molecular weight is 314 g/mol. The van der Waals surface area contributed by atoms with Crippen LogP contribution in [0.3, 0.4) is 0 Å². The van der Waals surface area contributed by atoms with Gasteiger partial charge in [-0.25, -0.2) is 4.79 Å². The van der Waals surface area contributed by atoms with Gasteiger partial charge < -0.3 is 15.7 Å². The van der Waals surface area contributed by atoms with E-state index in [0.717, 1.165) is 0 Å². The average Bonchev–Trinajstić information content (AvgIpc) is 2.29. The van der Waals surface area contributed by atoms with Crippen LogP contribution < -0.4 is 10.6 Å². The van der Waals surface area contributed by atoms with E-state index in [1.54, 1.807) is 13.8 Å². The number of hydrogen-bond acceptors (Lipinski definition) is 3. The molecule has 2 atom stereocenters. The topological polar surface area (TPSA) is 95.5 Å². The number of hydrogen-bond donors (Lipinski definition) is 3. The molecule has 0 radical (unpaired) electrons.